The molecule has 2 fully saturated rings. The van der Waals surface area contributed by atoms with Crippen LogP contribution in [0.3, 0.4) is 0 Å². The van der Waals surface area contributed by atoms with E-state index in [2.05, 4.69) is 47.7 Å². The molecule has 2 nitrogen and oxygen atoms in total. The van der Waals surface area contributed by atoms with Gasteiger partial charge in [0, 0.05) is 35.8 Å². The summed E-state index contributed by atoms with van der Waals surface area (Å²) in [5.41, 5.74) is 1.40. The molecule has 116 valence electrons. The second-order valence-corrected chi connectivity index (χ2v) is 7.50. The number of hydrogen-bond donors (Lipinski definition) is 1. The monoisotopic (exact) mass is 304 g/mol. The van der Waals surface area contributed by atoms with E-state index in [1.807, 2.05) is 11.8 Å². The maximum absolute atomic E-state index is 3.82. The van der Waals surface area contributed by atoms with Gasteiger partial charge in [0.2, 0.25) is 0 Å². The largest absolute Gasteiger partial charge is 0.366 e. The first-order valence-electron chi connectivity index (χ1n) is 8.42. The van der Waals surface area contributed by atoms with Gasteiger partial charge in [0.1, 0.15) is 0 Å². The van der Waals surface area contributed by atoms with Crippen molar-refractivity contribution in [2.45, 2.75) is 56.0 Å². The van der Waals surface area contributed by atoms with Crippen molar-refractivity contribution in [3.05, 3.63) is 24.3 Å². The Hall–Kier alpha value is -0.670. The molecule has 2 aliphatic rings. The molecule has 21 heavy (non-hydrogen) atoms. The van der Waals surface area contributed by atoms with Gasteiger partial charge in [-0.1, -0.05) is 25.3 Å². The molecule has 1 aromatic carbocycles. The molecule has 1 heterocycles. The van der Waals surface area contributed by atoms with E-state index in [-0.39, 0.29) is 0 Å². The molecule has 0 spiro atoms. The summed E-state index contributed by atoms with van der Waals surface area (Å²) in [4.78, 5) is 3.99. The Morgan fingerprint density at radius 2 is 2.00 bits per heavy atom. The first-order valence-corrected chi connectivity index (χ1v) is 9.64. The highest BCUT2D eigenvalue weighted by Crippen LogP contribution is 2.31. The second-order valence-electron chi connectivity index (χ2n) is 6.62. The predicted octanol–water partition coefficient (Wildman–Crippen LogP) is 4.16. The minimum atomic E-state index is 0.585. The summed E-state index contributed by atoms with van der Waals surface area (Å²) in [6.45, 7) is 4.63. The molecule has 1 aliphatic heterocycles. The van der Waals surface area contributed by atoms with Gasteiger partial charge in [-0.05, 0) is 50.1 Å². The summed E-state index contributed by atoms with van der Waals surface area (Å²) >= 11 is 1.83. The van der Waals surface area contributed by atoms with Gasteiger partial charge in [-0.2, -0.15) is 0 Å². The molecule has 1 N–H and O–H groups in total. The van der Waals surface area contributed by atoms with Crippen LogP contribution in [0, 0.1) is 5.92 Å². The first kappa shape index (κ1) is 15.2. The van der Waals surface area contributed by atoms with Crippen molar-refractivity contribution >= 4 is 17.4 Å². The quantitative estimate of drug-likeness (QED) is 0.844. The fraction of sp³-hybridized carbons (Fsp3) is 0.667. The number of benzene rings is 1. The smallest absolute Gasteiger partial charge is 0.0387 e. The molecule has 0 aromatic heterocycles. The summed E-state index contributed by atoms with van der Waals surface area (Å²) in [5.74, 6) is 0.887. The topological polar surface area (TPSA) is 15.3 Å². The zero-order valence-corrected chi connectivity index (χ0v) is 14.2. The minimum Gasteiger partial charge on any atom is -0.366 e. The summed E-state index contributed by atoms with van der Waals surface area (Å²) in [6, 6.07) is 10.3. The first-order chi connectivity index (χ1) is 10.3. The number of nitrogens with zero attached hydrogens (tertiary/aromatic N) is 1. The van der Waals surface area contributed by atoms with E-state index in [1.54, 1.807) is 0 Å². The number of hydrogen-bond acceptors (Lipinski definition) is 3. The summed E-state index contributed by atoms with van der Waals surface area (Å²) in [5, 5.41) is 3.82. The summed E-state index contributed by atoms with van der Waals surface area (Å²) in [6.07, 6.45) is 9.31. The molecule has 1 aromatic rings. The zero-order chi connectivity index (χ0) is 14.7. The molecule has 3 rings (SSSR count). The Morgan fingerprint density at radius 1 is 1.19 bits per heavy atom. The van der Waals surface area contributed by atoms with Crippen molar-refractivity contribution in [1.29, 1.82) is 0 Å². The average molecular weight is 305 g/mol. The van der Waals surface area contributed by atoms with Gasteiger partial charge in [0.25, 0.3) is 0 Å². The van der Waals surface area contributed by atoms with Gasteiger partial charge in [0.15, 0.2) is 0 Å². The highest BCUT2D eigenvalue weighted by molar-refractivity contribution is 7.98. The van der Waals surface area contributed by atoms with Crippen LogP contribution in [0.2, 0.25) is 0 Å². The lowest BCUT2D eigenvalue weighted by molar-refractivity contribution is 0.245. The van der Waals surface area contributed by atoms with Crippen LogP contribution in [0.15, 0.2) is 29.2 Å². The van der Waals surface area contributed by atoms with Crippen molar-refractivity contribution in [2.24, 2.45) is 5.92 Å². The summed E-state index contributed by atoms with van der Waals surface area (Å²) < 4.78 is 0. The van der Waals surface area contributed by atoms with Crippen molar-refractivity contribution in [2.75, 3.05) is 24.2 Å². The van der Waals surface area contributed by atoms with Crippen molar-refractivity contribution in [3.63, 3.8) is 0 Å². The number of piperazine rings is 1. The average Bonchev–Trinajstić information content (AvgIpc) is 2.56. The van der Waals surface area contributed by atoms with Crippen LogP contribution in [0.4, 0.5) is 5.69 Å². The lowest BCUT2D eigenvalue weighted by Crippen LogP contribution is -2.58. The van der Waals surface area contributed by atoms with E-state index in [0.717, 1.165) is 12.5 Å². The van der Waals surface area contributed by atoms with E-state index < -0.39 is 0 Å². The third kappa shape index (κ3) is 3.57. The van der Waals surface area contributed by atoms with E-state index in [4.69, 9.17) is 0 Å². The minimum absolute atomic E-state index is 0.585. The molecule has 2 atom stereocenters. The number of anilines is 1. The molecule has 3 heteroatoms. The second kappa shape index (κ2) is 7.06. The van der Waals surface area contributed by atoms with Crippen LogP contribution in [0.25, 0.3) is 0 Å². The molecule has 0 bridgehead atoms. The van der Waals surface area contributed by atoms with Gasteiger partial charge in [-0.15, -0.1) is 11.8 Å². The van der Waals surface area contributed by atoms with Crippen molar-refractivity contribution < 1.29 is 0 Å². The van der Waals surface area contributed by atoms with Crippen LogP contribution < -0.4 is 10.2 Å². The zero-order valence-electron chi connectivity index (χ0n) is 13.3. The fourth-order valence-electron chi connectivity index (χ4n) is 3.89. The maximum Gasteiger partial charge on any atom is 0.0387 e. The molecule has 1 aliphatic carbocycles. The highest BCUT2D eigenvalue weighted by atomic mass is 32.2. The predicted molar refractivity (Wildman–Crippen MR) is 93.4 cm³/mol. The van der Waals surface area contributed by atoms with Crippen LogP contribution in [0.5, 0.6) is 0 Å². The van der Waals surface area contributed by atoms with E-state index in [1.165, 1.54) is 49.2 Å². The van der Waals surface area contributed by atoms with E-state index >= 15 is 0 Å². The molecular formula is C18H28N2S. The van der Waals surface area contributed by atoms with Gasteiger partial charge in [0.05, 0.1) is 0 Å². The van der Waals surface area contributed by atoms with E-state index in [0.29, 0.717) is 12.1 Å². The SMILES string of the molecule is CSc1cccc(N2CC(C3CCCCC3)NCC2C)c1. The number of nitrogens with one attached hydrogen (secondary N) is 1. The van der Waals surface area contributed by atoms with Crippen LogP contribution >= 0.6 is 11.8 Å². The Labute approximate surface area is 133 Å². The van der Waals surface area contributed by atoms with Gasteiger partial charge >= 0.3 is 0 Å². The lowest BCUT2D eigenvalue weighted by atomic mass is 9.82. The van der Waals surface area contributed by atoms with Crippen LogP contribution in [-0.2, 0) is 0 Å². The Morgan fingerprint density at radius 3 is 2.76 bits per heavy atom. The molecule has 1 saturated heterocycles. The molecule has 0 radical (unpaired) electrons. The lowest BCUT2D eigenvalue weighted by Gasteiger charge is -2.44. The molecule has 0 amide bonds. The molecule has 1 saturated carbocycles. The standard InChI is InChI=1S/C18H28N2S/c1-14-12-19-18(15-7-4-3-5-8-15)13-20(14)16-9-6-10-17(11-16)21-2/h6,9-11,14-15,18-19H,3-5,7-8,12-13H2,1-2H3. The van der Waals surface area contributed by atoms with Crippen LogP contribution in [0.1, 0.15) is 39.0 Å². The van der Waals surface area contributed by atoms with Crippen molar-refractivity contribution in [1.82, 2.24) is 5.32 Å². The van der Waals surface area contributed by atoms with Crippen molar-refractivity contribution in [3.8, 4) is 0 Å². The number of thioether (sulfide) groups is 1. The van der Waals surface area contributed by atoms with Crippen LogP contribution in [-0.4, -0.2) is 31.4 Å². The van der Waals surface area contributed by atoms with E-state index in [9.17, 15) is 0 Å². The molecular weight excluding hydrogens is 276 g/mol. The molecule has 2 unspecified atom stereocenters. The maximum atomic E-state index is 3.82. The Bertz CT molecular complexity index is 456. The summed E-state index contributed by atoms with van der Waals surface area (Å²) in [7, 11) is 0. The Balaban J connectivity index is 1.73. The van der Waals surface area contributed by atoms with Gasteiger partial charge < -0.3 is 10.2 Å². The number of rotatable bonds is 3. The Kier molecular flexibility index (Phi) is 5.12. The van der Waals surface area contributed by atoms with Gasteiger partial charge in [-0.25, -0.2) is 0 Å². The highest BCUT2D eigenvalue weighted by Gasteiger charge is 2.31. The fourth-order valence-corrected chi connectivity index (χ4v) is 4.34. The normalized spacial score (nSPS) is 27.8. The third-order valence-electron chi connectivity index (χ3n) is 5.20. The van der Waals surface area contributed by atoms with Gasteiger partial charge in [-0.3, -0.25) is 0 Å². The third-order valence-corrected chi connectivity index (χ3v) is 5.93.